The molecular weight excluding hydrogens is 306 g/mol. The normalized spacial score (nSPS) is 20.6. The number of hydrogen-bond donors (Lipinski definition) is 1. The maximum atomic E-state index is 12.7. The second-order valence-corrected chi connectivity index (χ2v) is 6.10. The number of urea groups is 1. The zero-order valence-corrected chi connectivity index (χ0v) is 12.4. The second-order valence-electron chi connectivity index (χ2n) is 5.22. The molecule has 0 aromatic carbocycles. The Labute approximate surface area is 129 Å². The third-order valence-electron chi connectivity index (χ3n) is 3.95. The predicted octanol–water partition coefficient (Wildman–Crippen LogP) is 0.934. The number of anilines is 1. The molecule has 8 nitrogen and oxygen atoms in total. The molecule has 3 amide bonds. The number of thiazole rings is 1. The van der Waals surface area contributed by atoms with E-state index in [4.69, 9.17) is 4.74 Å². The van der Waals surface area contributed by atoms with E-state index in [-0.39, 0.29) is 5.91 Å². The van der Waals surface area contributed by atoms with Crippen LogP contribution in [0.25, 0.3) is 5.13 Å². The number of nitrogens with zero attached hydrogens (tertiary/aromatic N) is 4. The van der Waals surface area contributed by atoms with Crippen molar-refractivity contribution in [3.63, 3.8) is 0 Å². The highest BCUT2D eigenvalue weighted by Gasteiger charge is 2.52. The highest BCUT2D eigenvalue weighted by atomic mass is 32.1. The molecule has 0 unspecified atom stereocenters. The summed E-state index contributed by atoms with van der Waals surface area (Å²) in [5.41, 5.74) is -0.389. The molecule has 4 rings (SSSR count). The third kappa shape index (κ3) is 1.93. The van der Waals surface area contributed by atoms with Gasteiger partial charge in [0.1, 0.15) is 5.54 Å². The van der Waals surface area contributed by atoms with E-state index in [0.29, 0.717) is 36.9 Å². The Balaban J connectivity index is 1.65. The molecule has 2 saturated heterocycles. The number of aromatic nitrogens is 3. The van der Waals surface area contributed by atoms with Gasteiger partial charge in [-0.25, -0.2) is 19.4 Å². The Bertz CT molecular complexity index is 720. The summed E-state index contributed by atoms with van der Waals surface area (Å²) in [6.07, 6.45) is 5.79. The van der Waals surface area contributed by atoms with Crippen LogP contribution >= 0.6 is 11.3 Å². The number of hydrogen-bond acceptors (Lipinski definition) is 6. The fourth-order valence-electron chi connectivity index (χ4n) is 2.78. The minimum atomic E-state index is -0.835. The van der Waals surface area contributed by atoms with E-state index in [1.54, 1.807) is 17.1 Å². The lowest BCUT2D eigenvalue weighted by Crippen LogP contribution is -2.51. The van der Waals surface area contributed by atoms with Gasteiger partial charge in [0.2, 0.25) is 5.13 Å². The summed E-state index contributed by atoms with van der Waals surface area (Å²) in [6, 6.07) is -0.411. The molecule has 9 heteroatoms. The molecule has 2 aliphatic heterocycles. The Morgan fingerprint density at radius 3 is 2.86 bits per heavy atom. The van der Waals surface area contributed by atoms with Crippen LogP contribution in [-0.2, 0) is 9.53 Å². The SMILES string of the molecule is O=C1NC2(CCOCC2)C(=O)N1c1cnn(-c2nccs2)c1. The third-order valence-corrected chi connectivity index (χ3v) is 4.71. The number of carbonyl (C=O) groups excluding carboxylic acids is 2. The molecule has 0 aliphatic carbocycles. The molecule has 0 saturated carbocycles. The van der Waals surface area contributed by atoms with Crippen LogP contribution in [0.4, 0.5) is 10.5 Å². The van der Waals surface area contributed by atoms with Gasteiger partial charge < -0.3 is 10.1 Å². The minimum Gasteiger partial charge on any atom is -0.381 e. The van der Waals surface area contributed by atoms with Crippen LogP contribution in [0.5, 0.6) is 0 Å². The van der Waals surface area contributed by atoms with E-state index < -0.39 is 11.6 Å². The summed E-state index contributed by atoms with van der Waals surface area (Å²) >= 11 is 1.42. The van der Waals surface area contributed by atoms with Gasteiger partial charge in [0.15, 0.2) is 0 Å². The van der Waals surface area contributed by atoms with Crippen molar-refractivity contribution in [1.29, 1.82) is 0 Å². The summed E-state index contributed by atoms with van der Waals surface area (Å²) < 4.78 is 6.84. The quantitative estimate of drug-likeness (QED) is 0.832. The number of imide groups is 1. The molecule has 0 bridgehead atoms. The van der Waals surface area contributed by atoms with Gasteiger partial charge in [-0.15, -0.1) is 11.3 Å². The Kier molecular flexibility index (Phi) is 2.98. The average molecular weight is 319 g/mol. The summed E-state index contributed by atoms with van der Waals surface area (Å²) in [5, 5.41) is 9.51. The first-order valence-corrected chi connectivity index (χ1v) is 7.77. The summed E-state index contributed by atoms with van der Waals surface area (Å²) in [7, 11) is 0. The lowest BCUT2D eigenvalue weighted by molar-refractivity contribution is -0.125. The molecule has 1 N–H and O–H groups in total. The van der Waals surface area contributed by atoms with Gasteiger partial charge in [-0.3, -0.25) is 4.79 Å². The van der Waals surface area contributed by atoms with Crippen LogP contribution in [0.3, 0.4) is 0 Å². The van der Waals surface area contributed by atoms with E-state index in [2.05, 4.69) is 15.4 Å². The van der Waals surface area contributed by atoms with Crippen LogP contribution in [0, 0.1) is 0 Å². The minimum absolute atomic E-state index is 0.237. The number of nitrogens with one attached hydrogen (secondary N) is 1. The maximum Gasteiger partial charge on any atom is 0.329 e. The van der Waals surface area contributed by atoms with Crippen LogP contribution in [-0.4, -0.2) is 45.5 Å². The fourth-order valence-corrected chi connectivity index (χ4v) is 3.35. The van der Waals surface area contributed by atoms with E-state index in [1.807, 2.05) is 5.38 Å². The molecule has 114 valence electrons. The zero-order valence-electron chi connectivity index (χ0n) is 11.6. The maximum absolute atomic E-state index is 12.7. The van der Waals surface area contributed by atoms with Crippen molar-refractivity contribution in [2.45, 2.75) is 18.4 Å². The molecule has 2 aromatic heterocycles. The van der Waals surface area contributed by atoms with Crippen molar-refractivity contribution in [2.75, 3.05) is 18.1 Å². The van der Waals surface area contributed by atoms with Crippen molar-refractivity contribution in [3.8, 4) is 5.13 Å². The van der Waals surface area contributed by atoms with Crippen molar-refractivity contribution < 1.29 is 14.3 Å². The van der Waals surface area contributed by atoms with Crippen molar-refractivity contribution in [1.82, 2.24) is 20.1 Å². The first-order chi connectivity index (χ1) is 10.7. The Morgan fingerprint density at radius 2 is 2.14 bits per heavy atom. The number of amides is 3. The van der Waals surface area contributed by atoms with Gasteiger partial charge in [-0.1, -0.05) is 0 Å². The van der Waals surface area contributed by atoms with Crippen molar-refractivity contribution in [2.24, 2.45) is 0 Å². The monoisotopic (exact) mass is 319 g/mol. The van der Waals surface area contributed by atoms with Gasteiger partial charge >= 0.3 is 6.03 Å². The molecule has 4 heterocycles. The van der Waals surface area contributed by atoms with Gasteiger partial charge in [-0.05, 0) is 0 Å². The average Bonchev–Trinajstić information content (AvgIpc) is 3.22. The van der Waals surface area contributed by atoms with Gasteiger partial charge in [0.05, 0.1) is 18.1 Å². The molecule has 0 atom stereocenters. The zero-order chi connectivity index (χ0) is 15.2. The van der Waals surface area contributed by atoms with E-state index in [9.17, 15) is 9.59 Å². The first kappa shape index (κ1) is 13.4. The first-order valence-electron chi connectivity index (χ1n) is 6.89. The Hall–Kier alpha value is -2.26. The molecular formula is C13H13N5O3S. The second kappa shape index (κ2) is 4.89. The number of carbonyl (C=O) groups is 2. The largest absolute Gasteiger partial charge is 0.381 e. The number of ether oxygens (including phenoxy) is 1. The lowest BCUT2D eigenvalue weighted by atomic mass is 9.90. The van der Waals surface area contributed by atoms with Crippen molar-refractivity contribution >= 4 is 29.0 Å². The fraction of sp³-hybridized carbons (Fsp3) is 0.385. The standard InChI is InChI=1S/C13H13N5O3S/c19-10-13(1-4-21-5-2-13)16-11(20)18(10)9-7-15-17(8-9)12-14-3-6-22-12/h3,6-8H,1-2,4-5H2,(H,16,20). The van der Waals surface area contributed by atoms with E-state index >= 15 is 0 Å². The van der Waals surface area contributed by atoms with E-state index in [0.717, 1.165) is 4.90 Å². The molecule has 2 aliphatic rings. The molecule has 2 aromatic rings. The molecule has 1 spiro atoms. The highest BCUT2D eigenvalue weighted by molar-refractivity contribution is 7.12. The topological polar surface area (TPSA) is 89.4 Å². The summed E-state index contributed by atoms with van der Waals surface area (Å²) in [6.45, 7) is 0.941. The number of rotatable bonds is 2. The van der Waals surface area contributed by atoms with Crippen LogP contribution in [0.1, 0.15) is 12.8 Å². The smallest absolute Gasteiger partial charge is 0.329 e. The van der Waals surface area contributed by atoms with Gasteiger partial charge in [-0.2, -0.15) is 5.10 Å². The van der Waals surface area contributed by atoms with E-state index in [1.165, 1.54) is 17.5 Å². The van der Waals surface area contributed by atoms with Crippen LogP contribution in [0.2, 0.25) is 0 Å². The van der Waals surface area contributed by atoms with Crippen LogP contribution in [0.15, 0.2) is 24.0 Å². The molecule has 2 fully saturated rings. The highest BCUT2D eigenvalue weighted by Crippen LogP contribution is 2.31. The van der Waals surface area contributed by atoms with Gasteiger partial charge in [0.25, 0.3) is 5.91 Å². The summed E-state index contributed by atoms with van der Waals surface area (Å²) in [4.78, 5) is 30.3. The summed E-state index contributed by atoms with van der Waals surface area (Å²) in [5.74, 6) is -0.237. The Morgan fingerprint density at radius 1 is 1.32 bits per heavy atom. The van der Waals surface area contributed by atoms with Crippen LogP contribution < -0.4 is 10.2 Å². The molecule has 0 radical (unpaired) electrons. The van der Waals surface area contributed by atoms with Crippen molar-refractivity contribution in [3.05, 3.63) is 24.0 Å². The van der Waals surface area contributed by atoms with Gasteiger partial charge in [0, 0.05) is 37.6 Å². The predicted molar refractivity (Wildman–Crippen MR) is 78.0 cm³/mol. The lowest BCUT2D eigenvalue weighted by Gasteiger charge is -2.30. The molecule has 22 heavy (non-hydrogen) atoms.